The second-order valence-electron chi connectivity index (χ2n) is 6.51. The molecule has 0 spiro atoms. The van der Waals surface area contributed by atoms with Crippen molar-refractivity contribution in [2.24, 2.45) is 5.73 Å². The zero-order chi connectivity index (χ0) is 20.7. The molecule has 0 saturated heterocycles. The second kappa shape index (κ2) is 9.75. The highest BCUT2D eigenvalue weighted by Gasteiger charge is 2.23. The van der Waals surface area contributed by atoms with Gasteiger partial charge in [-0.15, -0.1) is 0 Å². The van der Waals surface area contributed by atoms with Crippen LogP contribution >= 0.6 is 0 Å². The van der Waals surface area contributed by atoms with Gasteiger partial charge in [0.2, 0.25) is 0 Å². The highest BCUT2D eigenvalue weighted by atomic mass is 16.5. The van der Waals surface area contributed by atoms with Gasteiger partial charge in [-0.1, -0.05) is 6.07 Å². The number of carbonyl (C=O) groups is 1. The highest BCUT2D eigenvalue weighted by Crippen LogP contribution is 2.28. The number of nitrogen functional groups attached to an aromatic ring is 1. The molecule has 0 aromatic heterocycles. The van der Waals surface area contributed by atoms with E-state index in [0.29, 0.717) is 28.1 Å². The van der Waals surface area contributed by atoms with Gasteiger partial charge in [0.25, 0.3) is 0 Å². The van der Waals surface area contributed by atoms with E-state index in [9.17, 15) is 9.90 Å². The molecule has 0 aliphatic heterocycles. The van der Waals surface area contributed by atoms with Crippen molar-refractivity contribution in [3.05, 3.63) is 59.2 Å². The molecule has 0 bridgehead atoms. The Kier molecular flexibility index (Phi) is 7.40. The Bertz CT molecular complexity index is 819. The minimum atomic E-state index is -0.762. The maximum atomic E-state index is 12.6. The summed E-state index contributed by atoms with van der Waals surface area (Å²) in [6.45, 7) is 5.60. The molecule has 1 atom stereocenters. The van der Waals surface area contributed by atoms with Gasteiger partial charge in [0.1, 0.15) is 11.6 Å². The molecular formula is C21H27N3O4. The lowest BCUT2D eigenvalue weighted by Crippen LogP contribution is -2.24. The monoisotopic (exact) mass is 385 g/mol. The Morgan fingerprint density at radius 1 is 1.21 bits per heavy atom. The van der Waals surface area contributed by atoms with Crippen LogP contribution < -0.4 is 15.8 Å². The summed E-state index contributed by atoms with van der Waals surface area (Å²) in [6.07, 6.45) is -0.0325. The summed E-state index contributed by atoms with van der Waals surface area (Å²) in [5.74, 6) is 0.121. The quantitative estimate of drug-likeness (QED) is 0.299. The highest BCUT2D eigenvalue weighted by molar-refractivity contribution is 5.95. The zero-order valence-corrected chi connectivity index (χ0v) is 16.4. The van der Waals surface area contributed by atoms with Gasteiger partial charge in [-0.3, -0.25) is 5.41 Å². The zero-order valence-electron chi connectivity index (χ0n) is 16.4. The molecule has 2 aromatic carbocycles. The van der Waals surface area contributed by atoms with Gasteiger partial charge in [0, 0.05) is 16.8 Å². The van der Waals surface area contributed by atoms with E-state index in [1.54, 1.807) is 49.4 Å². The van der Waals surface area contributed by atoms with Crippen molar-refractivity contribution >= 4 is 17.5 Å². The summed E-state index contributed by atoms with van der Waals surface area (Å²) in [6, 6.07) is 11.4. The number of nitrogens with one attached hydrogen (secondary N) is 2. The molecule has 0 heterocycles. The van der Waals surface area contributed by atoms with E-state index < -0.39 is 12.0 Å². The Hall–Kier alpha value is -3.06. The first-order valence-electron chi connectivity index (χ1n) is 9.13. The Morgan fingerprint density at radius 2 is 1.89 bits per heavy atom. The molecule has 2 aromatic rings. The van der Waals surface area contributed by atoms with Crippen molar-refractivity contribution in [3.8, 4) is 5.75 Å². The van der Waals surface area contributed by atoms with E-state index in [1.165, 1.54) is 0 Å². The fraction of sp³-hybridized carbons (Fsp3) is 0.333. The molecule has 7 nitrogen and oxygen atoms in total. The number of benzene rings is 2. The van der Waals surface area contributed by atoms with Gasteiger partial charge in [-0.2, -0.15) is 0 Å². The second-order valence-corrected chi connectivity index (χ2v) is 6.51. The molecule has 2 rings (SSSR count). The summed E-state index contributed by atoms with van der Waals surface area (Å²) in [7, 11) is 0. The average molecular weight is 385 g/mol. The predicted molar refractivity (Wildman–Crippen MR) is 109 cm³/mol. The fourth-order valence-corrected chi connectivity index (χ4v) is 2.69. The molecule has 0 radical (unpaired) electrons. The van der Waals surface area contributed by atoms with Crippen molar-refractivity contribution in [1.29, 1.82) is 5.41 Å². The molecule has 1 unspecified atom stereocenters. The molecule has 0 saturated carbocycles. The standard InChI is InChI=1S/C21H27N3O4/c1-4-27-21(26)19(24-17-8-5-14(6-9-17)20(22)23)15-7-10-18(28-13(2)3)16(11-15)12-25/h5-11,13,19,24-25H,4,12H2,1-3H3,(H3,22,23). The predicted octanol–water partition coefficient (Wildman–Crippen LogP) is 2.97. The van der Waals surface area contributed by atoms with Crippen LogP contribution in [0.25, 0.3) is 0 Å². The third-order valence-electron chi connectivity index (χ3n) is 3.98. The first-order chi connectivity index (χ1) is 13.3. The van der Waals surface area contributed by atoms with Crippen LogP contribution in [0.2, 0.25) is 0 Å². The van der Waals surface area contributed by atoms with E-state index >= 15 is 0 Å². The smallest absolute Gasteiger partial charge is 0.333 e. The first kappa shape index (κ1) is 21.2. The van der Waals surface area contributed by atoms with Crippen LogP contribution in [0.3, 0.4) is 0 Å². The molecule has 0 aliphatic carbocycles. The number of hydrogen-bond donors (Lipinski definition) is 4. The van der Waals surface area contributed by atoms with Crippen molar-refractivity contribution in [1.82, 2.24) is 0 Å². The molecular weight excluding hydrogens is 358 g/mol. The van der Waals surface area contributed by atoms with Crippen LogP contribution in [0.15, 0.2) is 42.5 Å². The lowest BCUT2D eigenvalue weighted by atomic mass is 10.0. The van der Waals surface area contributed by atoms with Crippen LogP contribution in [-0.2, 0) is 16.1 Å². The maximum absolute atomic E-state index is 12.6. The van der Waals surface area contributed by atoms with Gasteiger partial charge in [-0.25, -0.2) is 4.79 Å². The largest absolute Gasteiger partial charge is 0.491 e. The normalized spacial score (nSPS) is 11.8. The Labute approximate surface area is 165 Å². The number of hydrogen-bond acceptors (Lipinski definition) is 6. The summed E-state index contributed by atoms with van der Waals surface area (Å²) in [4.78, 5) is 12.6. The summed E-state index contributed by atoms with van der Waals surface area (Å²) in [5.41, 5.74) is 7.99. The van der Waals surface area contributed by atoms with Crippen LogP contribution in [0, 0.1) is 5.41 Å². The average Bonchev–Trinajstić information content (AvgIpc) is 2.66. The van der Waals surface area contributed by atoms with Crippen molar-refractivity contribution in [3.63, 3.8) is 0 Å². The summed E-state index contributed by atoms with van der Waals surface area (Å²) < 4.78 is 10.9. The van der Waals surface area contributed by atoms with E-state index in [0.717, 1.165) is 0 Å². The first-order valence-corrected chi connectivity index (χ1v) is 9.13. The van der Waals surface area contributed by atoms with E-state index in [1.807, 2.05) is 13.8 Å². The number of carbonyl (C=O) groups excluding carboxylic acids is 1. The molecule has 0 amide bonds. The van der Waals surface area contributed by atoms with Gasteiger partial charge in [-0.05, 0) is 62.7 Å². The van der Waals surface area contributed by atoms with Gasteiger partial charge in [0.15, 0.2) is 6.04 Å². The van der Waals surface area contributed by atoms with Gasteiger partial charge >= 0.3 is 5.97 Å². The molecule has 0 fully saturated rings. The molecule has 5 N–H and O–H groups in total. The minimum absolute atomic E-state index is 0.0261. The minimum Gasteiger partial charge on any atom is -0.491 e. The number of anilines is 1. The third kappa shape index (κ3) is 5.47. The van der Waals surface area contributed by atoms with Crippen molar-refractivity contribution in [2.45, 2.75) is 39.5 Å². The van der Waals surface area contributed by atoms with Crippen LogP contribution in [0.5, 0.6) is 5.75 Å². The number of nitrogens with two attached hydrogens (primary N) is 1. The van der Waals surface area contributed by atoms with Crippen molar-refractivity contribution < 1.29 is 19.4 Å². The third-order valence-corrected chi connectivity index (χ3v) is 3.98. The number of aliphatic hydroxyl groups excluding tert-OH is 1. The van der Waals surface area contributed by atoms with E-state index in [-0.39, 0.29) is 25.2 Å². The molecule has 150 valence electrons. The molecule has 0 aliphatic rings. The fourth-order valence-electron chi connectivity index (χ4n) is 2.69. The number of rotatable bonds is 9. The van der Waals surface area contributed by atoms with Crippen LogP contribution in [-0.4, -0.2) is 29.6 Å². The number of aliphatic hydroxyl groups is 1. The topological polar surface area (TPSA) is 118 Å². The summed E-state index contributed by atoms with van der Waals surface area (Å²) in [5, 5.41) is 20.3. The maximum Gasteiger partial charge on any atom is 0.333 e. The van der Waals surface area contributed by atoms with Crippen LogP contribution in [0.4, 0.5) is 5.69 Å². The lowest BCUT2D eigenvalue weighted by Gasteiger charge is -2.21. The molecule has 28 heavy (non-hydrogen) atoms. The Morgan fingerprint density at radius 3 is 2.43 bits per heavy atom. The van der Waals surface area contributed by atoms with Gasteiger partial charge in [0.05, 0.1) is 19.3 Å². The summed E-state index contributed by atoms with van der Waals surface area (Å²) >= 11 is 0. The number of amidine groups is 1. The van der Waals surface area contributed by atoms with Crippen molar-refractivity contribution in [2.75, 3.05) is 11.9 Å². The lowest BCUT2D eigenvalue weighted by molar-refractivity contribution is -0.144. The Balaban J connectivity index is 2.34. The van der Waals surface area contributed by atoms with Crippen LogP contribution in [0.1, 0.15) is 43.5 Å². The number of esters is 1. The SMILES string of the molecule is CCOC(=O)C(Nc1ccc(C(=N)N)cc1)c1ccc(OC(C)C)c(CO)c1. The number of ether oxygens (including phenoxy) is 2. The molecule has 7 heteroatoms. The van der Waals surface area contributed by atoms with E-state index in [4.69, 9.17) is 20.6 Å². The van der Waals surface area contributed by atoms with Gasteiger partial charge < -0.3 is 25.6 Å². The van der Waals surface area contributed by atoms with E-state index in [2.05, 4.69) is 5.32 Å².